The minimum Gasteiger partial charge on any atom is -0.346 e. The predicted molar refractivity (Wildman–Crippen MR) is 86.6 cm³/mol. The minimum absolute atomic E-state index is 0.0728. The van der Waals surface area contributed by atoms with Crippen molar-refractivity contribution in [1.29, 1.82) is 0 Å². The lowest BCUT2D eigenvalue weighted by Crippen LogP contribution is -2.28. The normalized spacial score (nSPS) is 16.8. The Bertz CT molecular complexity index is 522. The van der Waals surface area contributed by atoms with Gasteiger partial charge in [0.2, 0.25) is 5.91 Å². The fourth-order valence-corrected chi connectivity index (χ4v) is 3.35. The Balaban J connectivity index is 1.98. The van der Waals surface area contributed by atoms with E-state index in [1.54, 1.807) is 6.21 Å². The number of hydrazone groups is 1. The lowest BCUT2D eigenvalue weighted by Gasteiger charge is -2.19. The second kappa shape index (κ2) is 6.92. The monoisotopic (exact) mass is 289 g/mol. The molecule has 116 valence electrons. The SMILES string of the molecule is Cc1cc(/C=N\NC(=O)C2CCCCC2)c(C)n1C(C)C. The van der Waals surface area contributed by atoms with E-state index in [4.69, 9.17) is 0 Å². The third-order valence-corrected chi connectivity index (χ3v) is 4.39. The number of rotatable bonds is 4. The lowest BCUT2D eigenvalue weighted by atomic mass is 9.89. The summed E-state index contributed by atoms with van der Waals surface area (Å²) in [7, 11) is 0. The molecule has 1 amide bonds. The van der Waals surface area contributed by atoms with Crippen LogP contribution in [0.2, 0.25) is 0 Å². The zero-order valence-electron chi connectivity index (χ0n) is 13.6. The molecule has 1 aromatic heterocycles. The number of nitrogens with one attached hydrogen (secondary N) is 1. The van der Waals surface area contributed by atoms with Crippen molar-refractivity contribution < 1.29 is 4.79 Å². The van der Waals surface area contributed by atoms with Crippen molar-refractivity contribution in [3.8, 4) is 0 Å². The number of amides is 1. The van der Waals surface area contributed by atoms with Gasteiger partial charge in [-0.3, -0.25) is 4.79 Å². The topological polar surface area (TPSA) is 46.4 Å². The number of carbonyl (C=O) groups excluding carboxylic acids is 1. The molecule has 0 aromatic carbocycles. The van der Waals surface area contributed by atoms with Gasteiger partial charge in [-0.25, -0.2) is 5.43 Å². The first-order chi connectivity index (χ1) is 10.0. The maximum atomic E-state index is 12.0. The predicted octanol–water partition coefficient (Wildman–Crippen LogP) is 3.72. The summed E-state index contributed by atoms with van der Waals surface area (Å²) in [6.07, 6.45) is 7.36. The van der Waals surface area contributed by atoms with E-state index in [0.717, 1.165) is 31.2 Å². The molecule has 2 rings (SSSR count). The van der Waals surface area contributed by atoms with E-state index in [2.05, 4.69) is 48.9 Å². The molecular weight excluding hydrogens is 262 g/mol. The molecule has 0 atom stereocenters. The fourth-order valence-electron chi connectivity index (χ4n) is 3.35. The van der Waals surface area contributed by atoms with Crippen LogP contribution in [0.1, 0.15) is 68.9 Å². The van der Waals surface area contributed by atoms with Crippen molar-refractivity contribution in [3.05, 3.63) is 23.0 Å². The Hall–Kier alpha value is -1.58. The molecule has 0 aliphatic heterocycles. The molecule has 21 heavy (non-hydrogen) atoms. The van der Waals surface area contributed by atoms with Crippen molar-refractivity contribution in [2.24, 2.45) is 11.0 Å². The summed E-state index contributed by atoms with van der Waals surface area (Å²) in [5, 5.41) is 4.15. The van der Waals surface area contributed by atoms with Gasteiger partial charge in [-0.2, -0.15) is 5.10 Å². The Morgan fingerprint density at radius 2 is 2.00 bits per heavy atom. The Kier molecular flexibility index (Phi) is 5.21. The summed E-state index contributed by atoms with van der Waals surface area (Å²) in [6.45, 7) is 8.54. The highest BCUT2D eigenvalue weighted by molar-refractivity contribution is 5.84. The number of aryl methyl sites for hydroxylation is 1. The summed E-state index contributed by atoms with van der Waals surface area (Å²) >= 11 is 0. The fraction of sp³-hybridized carbons (Fsp3) is 0.647. The molecule has 0 bridgehead atoms. The number of aromatic nitrogens is 1. The number of nitrogens with zero attached hydrogens (tertiary/aromatic N) is 2. The Labute approximate surface area is 127 Å². The molecule has 0 spiro atoms. The van der Waals surface area contributed by atoms with E-state index in [1.165, 1.54) is 17.8 Å². The lowest BCUT2D eigenvalue weighted by molar-refractivity contribution is -0.125. The third-order valence-electron chi connectivity index (χ3n) is 4.39. The molecule has 1 aliphatic carbocycles. The molecule has 1 fully saturated rings. The highest BCUT2D eigenvalue weighted by atomic mass is 16.2. The molecular formula is C17H27N3O. The molecule has 1 N–H and O–H groups in total. The van der Waals surface area contributed by atoms with Crippen molar-refractivity contribution in [3.63, 3.8) is 0 Å². The van der Waals surface area contributed by atoms with E-state index < -0.39 is 0 Å². The van der Waals surface area contributed by atoms with Crippen LogP contribution in [0.15, 0.2) is 11.2 Å². The van der Waals surface area contributed by atoms with Gasteiger partial charge in [0.25, 0.3) is 0 Å². The highest BCUT2D eigenvalue weighted by Gasteiger charge is 2.20. The average Bonchev–Trinajstić information content (AvgIpc) is 2.74. The molecule has 1 aliphatic rings. The Morgan fingerprint density at radius 3 is 2.57 bits per heavy atom. The van der Waals surface area contributed by atoms with Gasteiger partial charge in [0.15, 0.2) is 0 Å². The van der Waals surface area contributed by atoms with Crippen molar-refractivity contribution >= 4 is 12.1 Å². The molecule has 4 heteroatoms. The van der Waals surface area contributed by atoms with Crippen LogP contribution >= 0.6 is 0 Å². The number of carbonyl (C=O) groups is 1. The molecule has 0 unspecified atom stereocenters. The second-order valence-corrected chi connectivity index (χ2v) is 6.36. The van der Waals surface area contributed by atoms with E-state index in [0.29, 0.717) is 6.04 Å². The number of hydrogen-bond acceptors (Lipinski definition) is 2. The maximum Gasteiger partial charge on any atom is 0.243 e. The first-order valence-corrected chi connectivity index (χ1v) is 8.02. The minimum atomic E-state index is 0.0728. The zero-order valence-corrected chi connectivity index (χ0v) is 13.6. The van der Waals surface area contributed by atoms with E-state index >= 15 is 0 Å². The zero-order chi connectivity index (χ0) is 15.4. The highest BCUT2D eigenvalue weighted by Crippen LogP contribution is 2.23. The van der Waals surface area contributed by atoms with Crippen LogP contribution in [-0.2, 0) is 4.79 Å². The van der Waals surface area contributed by atoms with Gasteiger partial charge < -0.3 is 4.57 Å². The van der Waals surface area contributed by atoms with Crippen LogP contribution in [0.4, 0.5) is 0 Å². The van der Waals surface area contributed by atoms with Crippen LogP contribution < -0.4 is 5.43 Å². The summed E-state index contributed by atoms with van der Waals surface area (Å²) in [6, 6.07) is 2.55. The van der Waals surface area contributed by atoms with Gasteiger partial charge >= 0.3 is 0 Å². The van der Waals surface area contributed by atoms with E-state index in [1.807, 2.05) is 0 Å². The Morgan fingerprint density at radius 1 is 1.33 bits per heavy atom. The largest absolute Gasteiger partial charge is 0.346 e. The molecule has 1 aromatic rings. The third kappa shape index (κ3) is 3.74. The van der Waals surface area contributed by atoms with Crippen LogP contribution in [0.3, 0.4) is 0 Å². The van der Waals surface area contributed by atoms with Crippen molar-refractivity contribution in [2.45, 2.75) is 65.8 Å². The molecule has 0 radical (unpaired) electrons. The van der Waals surface area contributed by atoms with Gasteiger partial charge in [-0.15, -0.1) is 0 Å². The van der Waals surface area contributed by atoms with Gasteiger partial charge in [0.1, 0.15) is 0 Å². The smallest absolute Gasteiger partial charge is 0.243 e. The summed E-state index contributed by atoms with van der Waals surface area (Å²) < 4.78 is 2.28. The van der Waals surface area contributed by atoms with Gasteiger partial charge in [-0.1, -0.05) is 19.3 Å². The molecule has 1 heterocycles. The van der Waals surface area contributed by atoms with Crippen molar-refractivity contribution in [1.82, 2.24) is 9.99 Å². The van der Waals surface area contributed by atoms with Crippen LogP contribution in [-0.4, -0.2) is 16.7 Å². The second-order valence-electron chi connectivity index (χ2n) is 6.36. The number of hydrogen-bond donors (Lipinski definition) is 1. The molecule has 0 saturated heterocycles. The quantitative estimate of drug-likeness (QED) is 0.666. The van der Waals surface area contributed by atoms with E-state index in [9.17, 15) is 4.79 Å². The van der Waals surface area contributed by atoms with Crippen LogP contribution in [0, 0.1) is 19.8 Å². The van der Waals surface area contributed by atoms with Gasteiger partial charge in [-0.05, 0) is 46.6 Å². The molecule has 4 nitrogen and oxygen atoms in total. The average molecular weight is 289 g/mol. The first kappa shape index (κ1) is 15.8. The molecule has 1 saturated carbocycles. The maximum absolute atomic E-state index is 12.0. The summed E-state index contributed by atoms with van der Waals surface area (Å²) in [5.41, 5.74) is 6.20. The van der Waals surface area contributed by atoms with E-state index in [-0.39, 0.29) is 11.8 Å². The van der Waals surface area contributed by atoms with Crippen molar-refractivity contribution in [2.75, 3.05) is 0 Å². The van der Waals surface area contributed by atoms with Gasteiger partial charge in [0, 0.05) is 28.9 Å². The van der Waals surface area contributed by atoms with Crippen LogP contribution in [0.5, 0.6) is 0 Å². The van der Waals surface area contributed by atoms with Crippen LogP contribution in [0.25, 0.3) is 0 Å². The summed E-state index contributed by atoms with van der Waals surface area (Å²) in [4.78, 5) is 12.0. The first-order valence-electron chi connectivity index (χ1n) is 8.02. The summed E-state index contributed by atoms with van der Waals surface area (Å²) in [5.74, 6) is 0.225. The van der Waals surface area contributed by atoms with Gasteiger partial charge in [0.05, 0.1) is 6.21 Å². The standard InChI is InChI=1S/C17H27N3O/c1-12(2)20-13(3)10-16(14(20)4)11-18-19-17(21)15-8-6-5-7-9-15/h10-12,15H,5-9H2,1-4H3,(H,19,21)/b18-11-.